The number of ether oxygens (including phenoxy) is 1. The summed E-state index contributed by atoms with van der Waals surface area (Å²) in [6, 6.07) is 11.0. The predicted octanol–water partition coefficient (Wildman–Crippen LogP) is 2.78. The van der Waals surface area contributed by atoms with Gasteiger partial charge in [0.25, 0.3) is 5.91 Å². The van der Waals surface area contributed by atoms with Gasteiger partial charge in [0.2, 0.25) is 5.91 Å². The number of nitrogens with one attached hydrogen (secondary N) is 2. The zero-order chi connectivity index (χ0) is 19.7. The van der Waals surface area contributed by atoms with Crippen LogP contribution < -0.4 is 15.0 Å². The Labute approximate surface area is 161 Å². The van der Waals surface area contributed by atoms with Crippen LogP contribution in [0.5, 0.6) is 5.75 Å². The number of para-hydroxylation sites is 1. The number of imide groups is 1. The lowest BCUT2D eigenvalue weighted by molar-refractivity contribution is -0.121. The summed E-state index contributed by atoms with van der Waals surface area (Å²) in [4.78, 5) is 29.0. The summed E-state index contributed by atoms with van der Waals surface area (Å²) in [5, 5.41) is 4.19. The van der Waals surface area contributed by atoms with Gasteiger partial charge in [-0.15, -0.1) is 0 Å². The van der Waals surface area contributed by atoms with Crippen molar-refractivity contribution in [1.82, 2.24) is 10.3 Å². The molecule has 0 radical (unpaired) electrons. The lowest BCUT2D eigenvalue weighted by Crippen LogP contribution is -2.39. The Balaban J connectivity index is 1.43. The molecule has 1 atom stereocenters. The van der Waals surface area contributed by atoms with Crippen molar-refractivity contribution in [2.24, 2.45) is 0 Å². The van der Waals surface area contributed by atoms with Crippen molar-refractivity contribution in [3.8, 4) is 5.75 Å². The third-order valence-corrected chi connectivity index (χ3v) is 5.00. The van der Waals surface area contributed by atoms with Crippen LogP contribution in [0.4, 0.5) is 10.1 Å². The molecule has 1 aromatic heterocycles. The molecule has 1 fully saturated rings. The maximum atomic E-state index is 14.0. The number of halogens is 1. The van der Waals surface area contributed by atoms with Gasteiger partial charge in [-0.05, 0) is 42.3 Å². The van der Waals surface area contributed by atoms with Crippen molar-refractivity contribution in [3.63, 3.8) is 0 Å². The second-order valence-electron chi connectivity index (χ2n) is 6.71. The van der Waals surface area contributed by atoms with Gasteiger partial charge in [0, 0.05) is 23.6 Å². The van der Waals surface area contributed by atoms with Crippen LogP contribution in [-0.2, 0) is 16.0 Å². The SMILES string of the molecule is COc1ccc2[nH]cc(CCNC3CC(=O)N(c4ccccc4F)C3=O)c2c1. The molecule has 0 spiro atoms. The van der Waals surface area contributed by atoms with E-state index in [1.165, 1.54) is 18.2 Å². The zero-order valence-corrected chi connectivity index (χ0v) is 15.4. The molecule has 2 amide bonds. The first-order valence-electron chi connectivity index (χ1n) is 9.07. The summed E-state index contributed by atoms with van der Waals surface area (Å²) in [5.74, 6) is -0.629. The minimum atomic E-state index is -0.646. The van der Waals surface area contributed by atoms with E-state index in [4.69, 9.17) is 4.74 Å². The van der Waals surface area contributed by atoms with Crippen LogP contribution in [0.2, 0.25) is 0 Å². The van der Waals surface area contributed by atoms with E-state index in [2.05, 4.69) is 10.3 Å². The number of hydrogen-bond acceptors (Lipinski definition) is 4. The molecule has 0 saturated carbocycles. The molecule has 0 bridgehead atoms. The zero-order valence-electron chi connectivity index (χ0n) is 15.4. The summed E-state index contributed by atoms with van der Waals surface area (Å²) in [7, 11) is 1.62. The largest absolute Gasteiger partial charge is 0.497 e. The Morgan fingerprint density at radius 3 is 2.86 bits per heavy atom. The summed E-state index contributed by atoms with van der Waals surface area (Å²) in [6.07, 6.45) is 2.62. The van der Waals surface area contributed by atoms with Gasteiger partial charge in [-0.2, -0.15) is 0 Å². The van der Waals surface area contributed by atoms with Gasteiger partial charge in [0.05, 0.1) is 25.3 Å². The third-order valence-electron chi connectivity index (χ3n) is 5.00. The molecule has 1 aliphatic rings. The van der Waals surface area contributed by atoms with E-state index in [-0.39, 0.29) is 12.1 Å². The number of amides is 2. The molecule has 1 unspecified atom stereocenters. The van der Waals surface area contributed by atoms with Crippen LogP contribution in [0.3, 0.4) is 0 Å². The highest BCUT2D eigenvalue weighted by atomic mass is 19.1. The number of benzene rings is 2. The van der Waals surface area contributed by atoms with Gasteiger partial charge >= 0.3 is 0 Å². The van der Waals surface area contributed by atoms with Crippen molar-refractivity contribution >= 4 is 28.4 Å². The second-order valence-corrected chi connectivity index (χ2v) is 6.71. The van der Waals surface area contributed by atoms with E-state index in [9.17, 15) is 14.0 Å². The molecule has 28 heavy (non-hydrogen) atoms. The van der Waals surface area contributed by atoms with Gasteiger partial charge in [-0.1, -0.05) is 12.1 Å². The van der Waals surface area contributed by atoms with Crippen molar-refractivity contribution in [3.05, 3.63) is 60.0 Å². The van der Waals surface area contributed by atoms with E-state index in [1.54, 1.807) is 13.2 Å². The predicted molar refractivity (Wildman–Crippen MR) is 104 cm³/mol. The summed E-state index contributed by atoms with van der Waals surface area (Å²) < 4.78 is 19.3. The monoisotopic (exact) mass is 381 g/mol. The number of aromatic nitrogens is 1. The lowest BCUT2D eigenvalue weighted by Gasteiger charge is -2.16. The average molecular weight is 381 g/mol. The van der Waals surface area contributed by atoms with Crippen molar-refractivity contribution in [1.29, 1.82) is 0 Å². The van der Waals surface area contributed by atoms with Gasteiger partial charge in [0.15, 0.2) is 0 Å². The molecule has 2 N–H and O–H groups in total. The number of fused-ring (bicyclic) bond motifs is 1. The number of hydrogen-bond donors (Lipinski definition) is 2. The lowest BCUT2D eigenvalue weighted by atomic mass is 10.1. The van der Waals surface area contributed by atoms with E-state index >= 15 is 0 Å². The summed E-state index contributed by atoms with van der Waals surface area (Å²) in [6.45, 7) is 0.513. The van der Waals surface area contributed by atoms with Crippen LogP contribution in [0.25, 0.3) is 10.9 Å². The van der Waals surface area contributed by atoms with Gasteiger partial charge in [0.1, 0.15) is 11.6 Å². The van der Waals surface area contributed by atoms with Gasteiger partial charge in [-0.25, -0.2) is 9.29 Å². The van der Waals surface area contributed by atoms with Crippen LogP contribution >= 0.6 is 0 Å². The van der Waals surface area contributed by atoms with Crippen molar-refractivity contribution in [2.45, 2.75) is 18.9 Å². The minimum absolute atomic E-state index is 0.00511. The Bertz CT molecular complexity index is 1050. The van der Waals surface area contributed by atoms with Gasteiger partial charge < -0.3 is 15.0 Å². The number of nitrogens with zero attached hydrogens (tertiary/aromatic N) is 1. The Morgan fingerprint density at radius 2 is 2.07 bits per heavy atom. The maximum Gasteiger partial charge on any atom is 0.251 e. The normalized spacial score (nSPS) is 16.9. The Kier molecular flexibility index (Phi) is 4.83. The molecule has 3 aromatic rings. The molecule has 4 rings (SSSR count). The average Bonchev–Trinajstić information content (AvgIpc) is 3.22. The Hall–Kier alpha value is -3.19. The fourth-order valence-electron chi connectivity index (χ4n) is 3.55. The topological polar surface area (TPSA) is 74.4 Å². The fourth-order valence-corrected chi connectivity index (χ4v) is 3.55. The highest BCUT2D eigenvalue weighted by Crippen LogP contribution is 2.26. The molecule has 1 saturated heterocycles. The number of carbonyl (C=O) groups is 2. The standard InChI is InChI=1S/C21H20FN3O3/c1-28-14-6-7-17-15(10-14)13(12-24-17)8-9-23-18-11-20(26)25(21(18)27)19-5-3-2-4-16(19)22/h2-7,10,12,18,23-24H,8-9,11H2,1H3. The first-order valence-corrected chi connectivity index (χ1v) is 9.07. The van der Waals surface area contributed by atoms with Crippen LogP contribution in [0.1, 0.15) is 12.0 Å². The molecule has 2 heterocycles. The van der Waals surface area contributed by atoms with E-state index in [0.29, 0.717) is 13.0 Å². The maximum absolute atomic E-state index is 14.0. The number of carbonyl (C=O) groups excluding carboxylic acids is 2. The van der Waals surface area contributed by atoms with Crippen molar-refractivity contribution in [2.75, 3.05) is 18.6 Å². The van der Waals surface area contributed by atoms with E-state index in [1.807, 2.05) is 24.4 Å². The van der Waals surface area contributed by atoms with Crippen LogP contribution in [-0.4, -0.2) is 36.5 Å². The fraction of sp³-hybridized carbons (Fsp3) is 0.238. The molecule has 1 aliphatic heterocycles. The second kappa shape index (κ2) is 7.44. The molecule has 144 valence electrons. The Morgan fingerprint density at radius 1 is 1.25 bits per heavy atom. The number of anilines is 1. The molecule has 7 heteroatoms. The van der Waals surface area contributed by atoms with E-state index < -0.39 is 23.7 Å². The number of rotatable bonds is 6. The van der Waals surface area contributed by atoms with Gasteiger partial charge in [-0.3, -0.25) is 9.59 Å². The highest BCUT2D eigenvalue weighted by Gasteiger charge is 2.40. The first-order chi connectivity index (χ1) is 13.6. The van der Waals surface area contributed by atoms with Crippen LogP contribution in [0.15, 0.2) is 48.7 Å². The first kappa shape index (κ1) is 18.2. The van der Waals surface area contributed by atoms with Crippen molar-refractivity contribution < 1.29 is 18.7 Å². The van der Waals surface area contributed by atoms with Crippen LogP contribution in [0, 0.1) is 5.82 Å². The quantitative estimate of drug-likeness (QED) is 0.644. The number of aromatic amines is 1. The molecular weight excluding hydrogens is 361 g/mol. The minimum Gasteiger partial charge on any atom is -0.497 e. The number of methoxy groups -OCH3 is 1. The molecule has 2 aromatic carbocycles. The molecule has 6 nitrogen and oxygen atoms in total. The number of H-pyrrole nitrogens is 1. The summed E-state index contributed by atoms with van der Waals surface area (Å²) in [5.41, 5.74) is 2.10. The molecule has 0 aliphatic carbocycles. The molecular formula is C21H20FN3O3. The third kappa shape index (κ3) is 3.25. The smallest absolute Gasteiger partial charge is 0.251 e. The summed E-state index contributed by atoms with van der Waals surface area (Å²) >= 11 is 0. The van der Waals surface area contributed by atoms with E-state index in [0.717, 1.165) is 27.1 Å². The highest BCUT2D eigenvalue weighted by molar-refractivity contribution is 6.22.